The highest BCUT2D eigenvalue weighted by atomic mass is 16.6. The summed E-state index contributed by atoms with van der Waals surface area (Å²) < 4.78 is 5.32. The van der Waals surface area contributed by atoms with E-state index in [0.717, 1.165) is 10.8 Å². The van der Waals surface area contributed by atoms with Crippen LogP contribution in [0.15, 0.2) is 60.7 Å². The van der Waals surface area contributed by atoms with Gasteiger partial charge in [-0.2, -0.15) is 0 Å². The second-order valence-electron chi connectivity index (χ2n) is 11.4. The molecule has 3 rings (SSSR count). The molecule has 10 nitrogen and oxygen atoms in total. The van der Waals surface area contributed by atoms with Gasteiger partial charge in [-0.3, -0.25) is 14.4 Å². The monoisotopic (exact) mass is 576 g/mol. The molecule has 0 heterocycles. The Hall–Kier alpha value is -4.60. The van der Waals surface area contributed by atoms with Crippen molar-refractivity contribution < 1.29 is 29.0 Å². The Bertz CT molecular complexity index is 1460. The average Bonchev–Trinajstić information content (AvgIpc) is 2.90. The number of primary amides is 1. The summed E-state index contributed by atoms with van der Waals surface area (Å²) >= 11 is 0. The van der Waals surface area contributed by atoms with Crippen LogP contribution in [0.1, 0.15) is 64.6 Å². The molecule has 3 aromatic rings. The number of phenolic OH excluding ortho intramolecular Hbond substituents is 1. The highest BCUT2D eigenvalue weighted by Crippen LogP contribution is 2.31. The molecule has 3 unspecified atom stereocenters. The van der Waals surface area contributed by atoms with E-state index in [4.69, 9.17) is 10.5 Å². The lowest BCUT2D eigenvalue weighted by Crippen LogP contribution is -2.55. The van der Waals surface area contributed by atoms with Crippen LogP contribution in [-0.4, -0.2) is 51.5 Å². The number of phenols is 1. The number of benzene rings is 3. The number of carbonyl (C=O) groups excluding carboxylic acids is 4. The molecule has 0 radical (unpaired) electrons. The summed E-state index contributed by atoms with van der Waals surface area (Å²) in [4.78, 5) is 54.3. The molecule has 224 valence electrons. The van der Waals surface area contributed by atoms with Crippen LogP contribution in [0, 0.1) is 6.92 Å². The molecule has 0 spiro atoms. The van der Waals surface area contributed by atoms with Gasteiger partial charge < -0.3 is 31.1 Å². The first-order valence-corrected chi connectivity index (χ1v) is 13.9. The van der Waals surface area contributed by atoms with Gasteiger partial charge in [-0.15, -0.1) is 0 Å². The summed E-state index contributed by atoms with van der Waals surface area (Å²) in [6.07, 6.45) is -0.944. The number of hydrogen-bond donors (Lipinski definition) is 4. The second kappa shape index (κ2) is 13.4. The maximum Gasteiger partial charge on any atom is 0.408 e. The van der Waals surface area contributed by atoms with E-state index in [0.29, 0.717) is 23.2 Å². The zero-order valence-electron chi connectivity index (χ0n) is 24.9. The Kier molecular flexibility index (Phi) is 10.2. The Morgan fingerprint density at radius 2 is 1.67 bits per heavy atom. The molecule has 3 atom stereocenters. The van der Waals surface area contributed by atoms with Gasteiger partial charge in [0.2, 0.25) is 11.8 Å². The topological polar surface area (TPSA) is 151 Å². The van der Waals surface area contributed by atoms with Crippen LogP contribution in [0.5, 0.6) is 5.75 Å². The van der Waals surface area contributed by atoms with E-state index in [9.17, 15) is 24.3 Å². The van der Waals surface area contributed by atoms with Gasteiger partial charge in [-0.1, -0.05) is 43.3 Å². The zero-order chi connectivity index (χ0) is 31.2. The maximum atomic E-state index is 14.2. The minimum Gasteiger partial charge on any atom is -0.508 e. The fourth-order valence-corrected chi connectivity index (χ4v) is 4.59. The van der Waals surface area contributed by atoms with Crippen molar-refractivity contribution in [1.29, 1.82) is 0 Å². The predicted molar refractivity (Wildman–Crippen MR) is 162 cm³/mol. The lowest BCUT2D eigenvalue weighted by molar-refractivity contribution is -0.144. The normalized spacial score (nSPS) is 13.5. The van der Waals surface area contributed by atoms with Crippen LogP contribution in [0.25, 0.3) is 10.8 Å². The van der Waals surface area contributed by atoms with E-state index < -0.39 is 54.0 Å². The smallest absolute Gasteiger partial charge is 0.408 e. The lowest BCUT2D eigenvalue weighted by Gasteiger charge is -2.38. The van der Waals surface area contributed by atoms with Crippen LogP contribution in [0.3, 0.4) is 0 Å². The first-order chi connectivity index (χ1) is 19.7. The Labute approximate surface area is 246 Å². The number of nitrogens with one attached hydrogen (secondary N) is 2. The molecule has 0 aromatic heterocycles. The van der Waals surface area contributed by atoms with Crippen molar-refractivity contribution in [3.63, 3.8) is 0 Å². The number of fused-ring (bicyclic) bond motifs is 1. The van der Waals surface area contributed by atoms with E-state index in [2.05, 4.69) is 10.6 Å². The van der Waals surface area contributed by atoms with Gasteiger partial charge in [0.05, 0.1) is 6.42 Å². The van der Waals surface area contributed by atoms with Crippen molar-refractivity contribution in [2.75, 3.05) is 5.32 Å². The summed E-state index contributed by atoms with van der Waals surface area (Å²) in [6, 6.07) is 14.8. The number of amides is 4. The largest absolute Gasteiger partial charge is 0.508 e. The summed E-state index contributed by atoms with van der Waals surface area (Å²) in [5.41, 5.74) is 6.08. The molecule has 4 amide bonds. The number of alkyl carbamates (subject to hydrolysis) is 1. The van der Waals surface area contributed by atoms with Crippen LogP contribution in [0.2, 0.25) is 0 Å². The Morgan fingerprint density at radius 3 is 2.26 bits per heavy atom. The lowest BCUT2D eigenvalue weighted by atomic mass is 9.97. The molecular formula is C32H40N4O6. The average molecular weight is 577 g/mol. The molecule has 0 saturated carbocycles. The Morgan fingerprint density at radius 1 is 1.00 bits per heavy atom. The number of hydrogen-bond acceptors (Lipinski definition) is 6. The molecule has 5 N–H and O–H groups in total. The molecule has 42 heavy (non-hydrogen) atoms. The van der Waals surface area contributed by atoms with Gasteiger partial charge in [0.15, 0.2) is 0 Å². The van der Waals surface area contributed by atoms with Crippen molar-refractivity contribution >= 4 is 40.3 Å². The third kappa shape index (κ3) is 8.22. The van der Waals surface area contributed by atoms with Crippen LogP contribution >= 0.6 is 0 Å². The van der Waals surface area contributed by atoms with Crippen molar-refractivity contribution in [2.24, 2.45) is 5.73 Å². The number of ether oxygens (including phenoxy) is 1. The molecule has 0 aliphatic heterocycles. The summed E-state index contributed by atoms with van der Waals surface area (Å²) in [5.74, 6) is -1.98. The van der Waals surface area contributed by atoms with E-state index in [1.54, 1.807) is 52.8 Å². The molecule has 0 bridgehead atoms. The third-order valence-corrected chi connectivity index (χ3v) is 6.79. The van der Waals surface area contributed by atoms with E-state index >= 15 is 0 Å². The number of rotatable bonds is 10. The molecule has 0 fully saturated rings. The standard InChI is InChI=1S/C32H40N4O6/c1-7-20(3)36(30(40)25(18-27(33)38)35-31(41)42-32(4,5)6)28(23-13-15-26(37)19(2)16-23)29(39)34-24-14-12-21-10-8-9-11-22(21)17-24/h8-17,20,25,28,37H,7,18H2,1-6H3,(H2,33,38)(H,34,39)(H,35,41). The minimum absolute atomic E-state index is 0.0343. The number of carbonyl (C=O) groups is 4. The van der Waals surface area contributed by atoms with Gasteiger partial charge in [-0.05, 0) is 87.2 Å². The summed E-state index contributed by atoms with van der Waals surface area (Å²) in [5, 5.41) is 17.5. The SMILES string of the molecule is CCC(C)N(C(=O)C(CC(N)=O)NC(=O)OC(C)(C)C)C(C(=O)Nc1ccc2ccccc2c1)c1ccc(O)c(C)c1. The second-order valence-corrected chi connectivity index (χ2v) is 11.4. The van der Waals surface area contributed by atoms with E-state index in [-0.39, 0.29) is 5.75 Å². The molecule has 3 aromatic carbocycles. The zero-order valence-corrected chi connectivity index (χ0v) is 24.9. The fourth-order valence-electron chi connectivity index (χ4n) is 4.59. The highest BCUT2D eigenvalue weighted by Gasteiger charge is 2.39. The number of aryl methyl sites for hydroxylation is 1. The van der Waals surface area contributed by atoms with E-state index in [1.807, 2.05) is 43.3 Å². The van der Waals surface area contributed by atoms with Crippen molar-refractivity contribution in [3.05, 3.63) is 71.8 Å². The molecular weight excluding hydrogens is 536 g/mol. The van der Waals surface area contributed by atoms with Gasteiger partial charge in [-0.25, -0.2) is 4.79 Å². The highest BCUT2D eigenvalue weighted by molar-refractivity contribution is 6.01. The van der Waals surface area contributed by atoms with Crippen LogP contribution < -0.4 is 16.4 Å². The Balaban J connectivity index is 2.08. The van der Waals surface area contributed by atoms with Gasteiger partial charge >= 0.3 is 6.09 Å². The predicted octanol–water partition coefficient (Wildman–Crippen LogP) is 4.93. The quantitative estimate of drug-likeness (QED) is 0.269. The first kappa shape index (κ1) is 31.9. The number of anilines is 1. The van der Waals surface area contributed by atoms with Gasteiger partial charge in [0.25, 0.3) is 5.91 Å². The van der Waals surface area contributed by atoms with Crippen LogP contribution in [0.4, 0.5) is 10.5 Å². The van der Waals surface area contributed by atoms with E-state index in [1.165, 1.54) is 11.0 Å². The van der Waals surface area contributed by atoms with Crippen molar-refractivity contribution in [2.45, 2.75) is 78.1 Å². The fraction of sp³-hybridized carbons (Fsp3) is 0.375. The summed E-state index contributed by atoms with van der Waals surface area (Å²) in [7, 11) is 0. The number of aromatic hydroxyl groups is 1. The maximum absolute atomic E-state index is 14.2. The van der Waals surface area contributed by atoms with Crippen molar-refractivity contribution in [3.8, 4) is 5.75 Å². The first-order valence-electron chi connectivity index (χ1n) is 13.9. The molecule has 0 aliphatic rings. The number of nitrogens with zero attached hydrogens (tertiary/aromatic N) is 1. The third-order valence-electron chi connectivity index (χ3n) is 6.79. The summed E-state index contributed by atoms with van der Waals surface area (Å²) in [6.45, 7) is 10.3. The molecule has 0 saturated heterocycles. The van der Waals surface area contributed by atoms with Gasteiger partial charge in [0, 0.05) is 11.7 Å². The number of nitrogens with two attached hydrogens (primary N) is 1. The van der Waals surface area contributed by atoms with Crippen molar-refractivity contribution in [1.82, 2.24) is 10.2 Å². The minimum atomic E-state index is -1.39. The molecule has 10 heteroatoms. The molecule has 0 aliphatic carbocycles. The van der Waals surface area contributed by atoms with Crippen LogP contribution in [-0.2, 0) is 19.1 Å². The van der Waals surface area contributed by atoms with Gasteiger partial charge in [0.1, 0.15) is 23.4 Å².